The molecule has 4 rings (SSSR count). The van der Waals surface area contributed by atoms with E-state index in [0.29, 0.717) is 34.2 Å². The first-order valence-corrected chi connectivity index (χ1v) is 12.0. The van der Waals surface area contributed by atoms with E-state index in [1.54, 1.807) is 6.20 Å². The molecule has 0 saturated carbocycles. The molecule has 0 bridgehead atoms. The van der Waals surface area contributed by atoms with Crippen LogP contribution in [0.4, 0.5) is 0 Å². The van der Waals surface area contributed by atoms with Crippen LogP contribution in [0.2, 0.25) is 5.54 Å². The Morgan fingerprint density at radius 2 is 1.80 bits per heavy atom. The van der Waals surface area contributed by atoms with Crippen LogP contribution in [-0.4, -0.2) is 44.7 Å². The Kier molecular flexibility index (Phi) is 6.94. The van der Waals surface area contributed by atoms with Crippen LogP contribution < -0.4 is 21.3 Å². The lowest BCUT2D eigenvalue weighted by molar-refractivity contribution is -0.123. The van der Waals surface area contributed by atoms with Gasteiger partial charge in [-0.3, -0.25) is 9.78 Å². The van der Waals surface area contributed by atoms with E-state index in [4.69, 9.17) is 0 Å². The van der Waals surface area contributed by atoms with Gasteiger partial charge in [0.2, 0.25) is 5.91 Å². The van der Waals surface area contributed by atoms with Crippen molar-refractivity contribution in [1.82, 2.24) is 26.3 Å². The zero-order valence-electron chi connectivity index (χ0n) is 17.6. The van der Waals surface area contributed by atoms with E-state index in [1.165, 1.54) is 18.4 Å². The number of pyridine rings is 1. The van der Waals surface area contributed by atoms with Crippen LogP contribution in [0.5, 0.6) is 0 Å². The van der Waals surface area contributed by atoms with Gasteiger partial charge in [-0.2, -0.15) is 0 Å². The number of hydrogen-bond donors (Lipinski definition) is 4. The fraction of sp³-hybridized carbons (Fsp3) is 0.478. The molecule has 30 heavy (non-hydrogen) atoms. The lowest BCUT2D eigenvalue weighted by atomic mass is 10.1. The fourth-order valence-corrected chi connectivity index (χ4v) is 5.21. The monoisotopic (exact) mass is 421 g/mol. The molecule has 158 valence electrons. The normalized spacial score (nSPS) is 23.8. The molecule has 2 aliphatic rings. The third-order valence-electron chi connectivity index (χ3n) is 6.05. The average Bonchev–Trinajstić information content (AvgIpc) is 3.47. The molecule has 1 amide bonds. The number of nitrogens with one attached hydrogen (secondary N) is 4. The standard InChI is InChI=1S/C23H31N5OSi/c1-17-23(30-17,28-16-21-4-2-3-11-25-21)22(29)27-15-19-7-5-18(6-8-19)14-26-20-9-12-24-13-10-20/h2-8,11,17,20,24,26,28H,9-10,12-16H2,1H3,(H,27,29)/t17?,23-/m0/s1. The van der Waals surface area contributed by atoms with Gasteiger partial charge in [-0.25, -0.2) is 0 Å². The highest BCUT2D eigenvalue weighted by Crippen LogP contribution is 2.39. The van der Waals surface area contributed by atoms with Crippen LogP contribution in [0.15, 0.2) is 48.7 Å². The van der Waals surface area contributed by atoms with Crippen molar-refractivity contribution in [3.05, 3.63) is 65.5 Å². The van der Waals surface area contributed by atoms with E-state index in [1.807, 2.05) is 18.2 Å². The third-order valence-corrected chi connectivity index (χ3v) is 7.90. The fourth-order valence-electron chi connectivity index (χ4n) is 3.96. The zero-order chi connectivity index (χ0) is 20.8. The van der Waals surface area contributed by atoms with Gasteiger partial charge >= 0.3 is 0 Å². The van der Waals surface area contributed by atoms with Crippen LogP contribution in [0.3, 0.4) is 0 Å². The van der Waals surface area contributed by atoms with Gasteiger partial charge < -0.3 is 21.3 Å². The molecule has 1 aromatic heterocycles. The van der Waals surface area contributed by atoms with E-state index in [0.717, 1.165) is 30.9 Å². The SMILES string of the molecule is CC1[Si][C@]1(NCc1ccccn1)C(=O)NCc1ccc(CNC2CCNCC2)cc1. The molecule has 2 fully saturated rings. The number of amides is 1. The minimum atomic E-state index is -0.434. The van der Waals surface area contributed by atoms with Crippen LogP contribution >= 0.6 is 0 Å². The van der Waals surface area contributed by atoms with Crippen LogP contribution in [0.1, 0.15) is 36.6 Å². The van der Waals surface area contributed by atoms with E-state index < -0.39 is 5.16 Å². The first kappa shape index (κ1) is 21.2. The Morgan fingerprint density at radius 3 is 2.43 bits per heavy atom. The lowest BCUT2D eigenvalue weighted by Crippen LogP contribution is -2.48. The predicted octanol–water partition coefficient (Wildman–Crippen LogP) is 1.55. The van der Waals surface area contributed by atoms with Crippen molar-refractivity contribution in [3.63, 3.8) is 0 Å². The molecule has 2 saturated heterocycles. The summed E-state index contributed by atoms with van der Waals surface area (Å²) in [5, 5.41) is 13.2. The molecule has 0 aliphatic carbocycles. The van der Waals surface area contributed by atoms with Gasteiger partial charge in [0.1, 0.15) is 0 Å². The highest BCUT2D eigenvalue weighted by molar-refractivity contribution is 6.64. The topological polar surface area (TPSA) is 78.1 Å². The molecule has 6 nitrogen and oxygen atoms in total. The summed E-state index contributed by atoms with van der Waals surface area (Å²) in [6, 6.07) is 15.0. The number of nitrogens with zero attached hydrogens (tertiary/aromatic N) is 1. The Hall–Kier alpha value is -2.06. The second-order valence-corrected chi connectivity index (χ2v) is 10.2. The number of piperidine rings is 1. The summed E-state index contributed by atoms with van der Waals surface area (Å²) in [5.41, 5.74) is 3.74. The van der Waals surface area contributed by atoms with Crippen molar-refractivity contribution in [2.75, 3.05) is 13.1 Å². The van der Waals surface area contributed by atoms with Crippen molar-refractivity contribution in [3.8, 4) is 0 Å². The van der Waals surface area contributed by atoms with Gasteiger partial charge in [0.05, 0.1) is 20.4 Å². The van der Waals surface area contributed by atoms with Crippen molar-refractivity contribution in [2.45, 2.75) is 56.1 Å². The minimum Gasteiger partial charge on any atom is -0.351 e. The number of benzene rings is 1. The summed E-state index contributed by atoms with van der Waals surface area (Å²) in [5.74, 6) is 0.0981. The summed E-state index contributed by atoms with van der Waals surface area (Å²) in [6.07, 6.45) is 4.17. The molecule has 4 N–H and O–H groups in total. The summed E-state index contributed by atoms with van der Waals surface area (Å²) < 4.78 is 0. The lowest BCUT2D eigenvalue weighted by Gasteiger charge is -2.23. The molecule has 2 aliphatic heterocycles. The Labute approximate surface area is 181 Å². The zero-order valence-corrected chi connectivity index (χ0v) is 18.6. The first-order valence-electron chi connectivity index (χ1n) is 10.9. The van der Waals surface area contributed by atoms with Crippen molar-refractivity contribution in [2.24, 2.45) is 0 Å². The van der Waals surface area contributed by atoms with Gasteiger partial charge in [-0.1, -0.05) is 37.3 Å². The maximum atomic E-state index is 12.9. The van der Waals surface area contributed by atoms with E-state index in [9.17, 15) is 4.79 Å². The predicted molar refractivity (Wildman–Crippen MR) is 120 cm³/mol. The van der Waals surface area contributed by atoms with Crippen molar-refractivity contribution in [1.29, 1.82) is 0 Å². The molecule has 2 radical (unpaired) electrons. The molecule has 2 atom stereocenters. The molecule has 1 aromatic carbocycles. The first-order chi connectivity index (χ1) is 14.7. The van der Waals surface area contributed by atoms with Crippen LogP contribution in [-0.2, 0) is 24.4 Å². The number of carbonyl (C=O) groups is 1. The van der Waals surface area contributed by atoms with E-state index in [2.05, 4.69) is 57.4 Å². The second-order valence-electron chi connectivity index (χ2n) is 8.25. The summed E-state index contributed by atoms with van der Waals surface area (Å²) in [4.78, 5) is 17.2. The number of aromatic nitrogens is 1. The van der Waals surface area contributed by atoms with Gasteiger partial charge in [0, 0.05) is 31.9 Å². The molecular formula is C23H31N5OSi. The Balaban J connectivity index is 1.23. The van der Waals surface area contributed by atoms with E-state index >= 15 is 0 Å². The number of rotatable bonds is 9. The van der Waals surface area contributed by atoms with Crippen molar-refractivity contribution >= 4 is 15.4 Å². The quantitative estimate of drug-likeness (QED) is 0.462. The average molecular weight is 422 g/mol. The van der Waals surface area contributed by atoms with Crippen molar-refractivity contribution < 1.29 is 4.79 Å². The van der Waals surface area contributed by atoms with Gasteiger partial charge in [0.15, 0.2) is 0 Å². The summed E-state index contributed by atoms with van der Waals surface area (Å²) >= 11 is 0. The Morgan fingerprint density at radius 1 is 1.10 bits per heavy atom. The van der Waals surface area contributed by atoms with Gasteiger partial charge in [0.25, 0.3) is 0 Å². The van der Waals surface area contributed by atoms with Crippen LogP contribution in [0, 0.1) is 0 Å². The smallest absolute Gasteiger partial charge is 0.236 e. The minimum absolute atomic E-state index is 0.0981. The Bertz CT molecular complexity index is 825. The molecule has 7 heteroatoms. The van der Waals surface area contributed by atoms with Gasteiger partial charge in [-0.15, -0.1) is 0 Å². The van der Waals surface area contributed by atoms with Gasteiger partial charge in [-0.05, 0) is 54.7 Å². The summed E-state index contributed by atoms with van der Waals surface area (Å²) in [7, 11) is 0.604. The van der Waals surface area contributed by atoms with Crippen LogP contribution in [0.25, 0.3) is 0 Å². The van der Waals surface area contributed by atoms with E-state index in [-0.39, 0.29) is 5.91 Å². The largest absolute Gasteiger partial charge is 0.351 e. The second kappa shape index (κ2) is 9.83. The highest BCUT2D eigenvalue weighted by Gasteiger charge is 2.57. The molecule has 2 aromatic rings. The highest BCUT2D eigenvalue weighted by atomic mass is 28.2. The molecule has 1 unspecified atom stereocenters. The number of carbonyl (C=O) groups excluding carboxylic acids is 1. The maximum absolute atomic E-state index is 12.9. The molecule has 3 heterocycles. The molecular weight excluding hydrogens is 390 g/mol. The summed E-state index contributed by atoms with van der Waals surface area (Å²) in [6.45, 7) is 6.42. The third kappa shape index (κ3) is 5.34. The molecule has 0 spiro atoms. The maximum Gasteiger partial charge on any atom is 0.236 e. The number of hydrogen-bond acceptors (Lipinski definition) is 5.